The molecule has 0 aliphatic carbocycles. The number of pyridine rings is 1. The number of aryl methyl sites for hydroxylation is 1. The van der Waals surface area contributed by atoms with Crippen LogP contribution in [0.4, 0.5) is 17.3 Å². The van der Waals surface area contributed by atoms with E-state index in [0.29, 0.717) is 24.6 Å². The van der Waals surface area contributed by atoms with Gasteiger partial charge in [-0.1, -0.05) is 0 Å². The zero-order chi connectivity index (χ0) is 23.2. The fourth-order valence-corrected chi connectivity index (χ4v) is 5.32. The molecule has 4 heterocycles. The summed E-state index contributed by atoms with van der Waals surface area (Å²) in [6.45, 7) is 3.57. The Balaban J connectivity index is 1.58. The van der Waals surface area contributed by atoms with E-state index < -0.39 is 10.0 Å². The molecule has 5 rings (SSSR count). The van der Waals surface area contributed by atoms with Gasteiger partial charge < -0.3 is 5.32 Å². The topological polar surface area (TPSA) is 123 Å². The number of benzene rings is 1. The lowest BCUT2D eigenvalue weighted by Gasteiger charge is -2.19. The highest BCUT2D eigenvalue weighted by molar-refractivity contribution is 7.93. The Morgan fingerprint density at radius 2 is 1.94 bits per heavy atom. The Labute approximate surface area is 190 Å². The van der Waals surface area contributed by atoms with Crippen LogP contribution in [0.1, 0.15) is 29.4 Å². The Bertz CT molecular complexity index is 1480. The van der Waals surface area contributed by atoms with E-state index in [0.717, 1.165) is 22.4 Å². The first-order valence-corrected chi connectivity index (χ1v) is 12.0. The average Bonchev–Trinajstić information content (AvgIpc) is 3.37. The van der Waals surface area contributed by atoms with Gasteiger partial charge in [-0.15, -0.1) is 5.10 Å². The van der Waals surface area contributed by atoms with Crippen LogP contribution in [-0.2, 0) is 10.0 Å². The highest BCUT2D eigenvalue weighted by Gasteiger charge is 2.32. The van der Waals surface area contributed by atoms with Gasteiger partial charge >= 0.3 is 0 Å². The van der Waals surface area contributed by atoms with Crippen molar-refractivity contribution in [1.29, 1.82) is 0 Å². The third-order valence-corrected chi connectivity index (χ3v) is 7.27. The van der Waals surface area contributed by atoms with Crippen LogP contribution in [0.3, 0.4) is 0 Å². The summed E-state index contributed by atoms with van der Waals surface area (Å²) in [5.74, 6) is 1.03. The Morgan fingerprint density at radius 1 is 1.09 bits per heavy atom. The normalized spacial score (nSPS) is 15.2. The summed E-state index contributed by atoms with van der Waals surface area (Å²) < 4.78 is 28.0. The van der Waals surface area contributed by atoms with Gasteiger partial charge in [0, 0.05) is 12.2 Å². The van der Waals surface area contributed by atoms with Gasteiger partial charge in [0.1, 0.15) is 12.1 Å². The van der Waals surface area contributed by atoms with Gasteiger partial charge in [-0.2, -0.15) is 5.10 Å². The summed E-state index contributed by atoms with van der Waals surface area (Å²) in [4.78, 5) is 21.2. The van der Waals surface area contributed by atoms with Gasteiger partial charge in [-0.25, -0.2) is 18.4 Å². The van der Waals surface area contributed by atoms with E-state index in [1.807, 2.05) is 37.3 Å². The zero-order valence-corrected chi connectivity index (χ0v) is 18.9. The number of hydrogen-bond acceptors (Lipinski definition) is 8. The van der Waals surface area contributed by atoms with Crippen molar-refractivity contribution in [2.24, 2.45) is 0 Å². The predicted octanol–water partition coefficient (Wildman–Crippen LogP) is 3.01. The Hall–Kier alpha value is -3.86. The number of anilines is 3. The summed E-state index contributed by atoms with van der Waals surface area (Å²) in [6, 6.07) is 12.7. The number of aromatic nitrogens is 5. The quantitative estimate of drug-likeness (QED) is 0.448. The fourth-order valence-electron chi connectivity index (χ4n) is 3.80. The van der Waals surface area contributed by atoms with Crippen molar-refractivity contribution in [3.8, 4) is 5.82 Å². The molecule has 1 aliphatic heterocycles. The second kappa shape index (κ2) is 7.93. The van der Waals surface area contributed by atoms with E-state index in [1.165, 1.54) is 11.2 Å². The first kappa shape index (κ1) is 21.0. The van der Waals surface area contributed by atoms with Gasteiger partial charge in [0.25, 0.3) is 0 Å². The summed E-state index contributed by atoms with van der Waals surface area (Å²) >= 11 is 0. The molecule has 4 aromatic rings. The van der Waals surface area contributed by atoms with E-state index in [-0.39, 0.29) is 22.9 Å². The van der Waals surface area contributed by atoms with E-state index in [2.05, 4.69) is 25.5 Å². The van der Waals surface area contributed by atoms with E-state index in [4.69, 9.17) is 0 Å². The van der Waals surface area contributed by atoms with Gasteiger partial charge in [0.05, 0.1) is 28.0 Å². The smallest absolute Gasteiger partial charge is 0.236 e. The zero-order valence-electron chi connectivity index (χ0n) is 18.1. The van der Waals surface area contributed by atoms with E-state index >= 15 is 0 Å². The van der Waals surface area contributed by atoms with E-state index in [9.17, 15) is 13.2 Å². The molecule has 33 heavy (non-hydrogen) atoms. The number of nitrogens with zero attached hydrogens (tertiary/aromatic N) is 6. The maximum atomic E-state index is 12.5. The molecule has 0 radical (unpaired) electrons. The predicted molar refractivity (Wildman–Crippen MR) is 125 cm³/mol. The number of ketones is 1. The Morgan fingerprint density at radius 3 is 2.64 bits per heavy atom. The molecule has 1 aliphatic rings. The third-order valence-electron chi connectivity index (χ3n) is 5.44. The van der Waals surface area contributed by atoms with Crippen LogP contribution in [0, 0.1) is 6.92 Å². The maximum Gasteiger partial charge on any atom is 0.236 e. The molecule has 1 fully saturated rings. The molecule has 0 unspecified atom stereocenters. The second-order valence-corrected chi connectivity index (χ2v) is 9.85. The molecule has 1 saturated heterocycles. The van der Waals surface area contributed by atoms with E-state index in [1.54, 1.807) is 23.0 Å². The molecule has 0 spiro atoms. The largest absolute Gasteiger partial charge is 0.339 e. The number of sulfonamides is 1. The van der Waals surface area contributed by atoms with Crippen LogP contribution in [0.5, 0.6) is 0 Å². The first-order chi connectivity index (χ1) is 15.8. The highest BCUT2D eigenvalue weighted by atomic mass is 32.2. The number of fused-ring (bicyclic) bond motifs is 1. The average molecular weight is 464 g/mol. The van der Waals surface area contributed by atoms with Crippen LogP contribution in [0.25, 0.3) is 16.9 Å². The molecule has 3 aromatic heterocycles. The molecule has 168 valence electrons. The molecule has 0 bridgehead atoms. The molecule has 0 atom stereocenters. The van der Waals surface area contributed by atoms with Crippen LogP contribution in [0.15, 0.2) is 48.8 Å². The molecule has 11 heteroatoms. The Kier molecular flexibility index (Phi) is 5.05. The van der Waals surface area contributed by atoms with Crippen LogP contribution < -0.4 is 9.62 Å². The SMILES string of the molecule is CC(=O)c1ccc(-n2cnc3ccc(Nc4ccc(C)nn4)cc32)nc1N1CCCS1(=O)=O. The first-order valence-electron chi connectivity index (χ1n) is 10.4. The lowest BCUT2D eigenvalue weighted by molar-refractivity contribution is 0.101. The monoisotopic (exact) mass is 463 g/mol. The van der Waals surface area contributed by atoms with Crippen molar-refractivity contribution in [2.75, 3.05) is 21.9 Å². The van der Waals surface area contributed by atoms with Gasteiger partial charge in [-0.05, 0) is 62.7 Å². The van der Waals surface area contributed by atoms with Crippen molar-refractivity contribution in [3.63, 3.8) is 0 Å². The molecule has 1 N–H and O–H groups in total. The minimum Gasteiger partial charge on any atom is -0.339 e. The van der Waals surface area contributed by atoms with Crippen LogP contribution in [-0.4, -0.2) is 51.2 Å². The van der Waals surface area contributed by atoms with Crippen molar-refractivity contribution in [1.82, 2.24) is 24.7 Å². The number of nitrogens with one attached hydrogen (secondary N) is 1. The number of carbonyl (C=O) groups excluding carboxylic acids is 1. The second-order valence-electron chi connectivity index (χ2n) is 7.84. The fraction of sp³-hybridized carbons (Fsp3) is 0.227. The number of hydrogen-bond donors (Lipinski definition) is 1. The molecular weight excluding hydrogens is 442 g/mol. The highest BCUT2D eigenvalue weighted by Crippen LogP contribution is 2.29. The minimum absolute atomic E-state index is 0.0428. The number of Topliss-reactive ketones (excluding diaryl/α,β-unsaturated/α-hetero) is 1. The molecule has 0 amide bonds. The summed E-state index contributed by atoms with van der Waals surface area (Å²) in [6.07, 6.45) is 2.12. The van der Waals surface area contributed by atoms with Crippen molar-refractivity contribution in [2.45, 2.75) is 20.3 Å². The van der Waals surface area contributed by atoms with Crippen molar-refractivity contribution in [3.05, 3.63) is 60.0 Å². The minimum atomic E-state index is -3.50. The molecule has 0 saturated carbocycles. The van der Waals surface area contributed by atoms with Crippen molar-refractivity contribution < 1.29 is 13.2 Å². The number of rotatable bonds is 5. The van der Waals surface area contributed by atoms with Gasteiger partial charge in [0.2, 0.25) is 10.0 Å². The summed E-state index contributed by atoms with van der Waals surface area (Å²) in [5, 5.41) is 11.4. The lowest BCUT2D eigenvalue weighted by Crippen LogP contribution is -2.28. The van der Waals surface area contributed by atoms with Gasteiger partial charge in [-0.3, -0.25) is 13.7 Å². The standard InChI is InChI=1S/C22H21N7O3S/c1-14-4-8-20(27-26-14)24-16-5-7-18-19(12-16)28(13-23-18)21-9-6-17(15(2)30)22(25-21)29-10-3-11-33(29,31)32/h4-9,12-13H,3,10-11H2,1-2H3,(H,24,27). The molecule has 1 aromatic carbocycles. The lowest BCUT2D eigenvalue weighted by atomic mass is 10.2. The molecular formula is C22H21N7O3S. The van der Waals surface area contributed by atoms with Crippen LogP contribution in [0.2, 0.25) is 0 Å². The summed E-state index contributed by atoms with van der Waals surface area (Å²) in [7, 11) is -3.50. The van der Waals surface area contributed by atoms with Gasteiger partial charge in [0.15, 0.2) is 17.4 Å². The molecule has 10 nitrogen and oxygen atoms in total. The maximum absolute atomic E-state index is 12.5. The summed E-state index contributed by atoms with van der Waals surface area (Å²) in [5.41, 5.74) is 3.38. The van der Waals surface area contributed by atoms with Crippen molar-refractivity contribution >= 4 is 44.2 Å². The number of imidazole rings is 1. The number of carbonyl (C=O) groups is 1. The van der Waals surface area contributed by atoms with Crippen LogP contribution >= 0.6 is 0 Å². The third kappa shape index (κ3) is 3.91.